The second kappa shape index (κ2) is 11.2. The van der Waals surface area contributed by atoms with Gasteiger partial charge in [-0.15, -0.1) is 0 Å². The Balaban J connectivity index is 1.70. The molecule has 0 saturated carbocycles. The lowest BCUT2D eigenvalue weighted by Gasteiger charge is -2.42. The molecule has 0 aliphatic carbocycles. The minimum Gasteiger partial charge on any atom is -0.493 e. The number of hydrogen-bond acceptors (Lipinski definition) is 13. The molecule has 0 amide bonds. The number of Topliss-reactive ketones (excluding diaryl/α,β-unsaturated/α-hetero) is 1. The molecule has 2 aliphatic heterocycles. The Bertz CT molecular complexity index is 833. The molecule has 3 rings (SSSR count). The molecular formula is C21H30O13. The summed E-state index contributed by atoms with van der Waals surface area (Å²) in [6.07, 6.45) is -15.4. The van der Waals surface area contributed by atoms with E-state index in [-0.39, 0.29) is 17.3 Å². The zero-order chi connectivity index (χ0) is 25.2. The van der Waals surface area contributed by atoms with Crippen LogP contribution in [0, 0.1) is 0 Å². The Kier molecular flexibility index (Phi) is 8.81. The summed E-state index contributed by atoms with van der Waals surface area (Å²) in [6.45, 7) is 0.230. The van der Waals surface area contributed by atoms with Gasteiger partial charge in [-0.25, -0.2) is 0 Å². The van der Waals surface area contributed by atoms with Crippen molar-refractivity contribution in [2.75, 3.05) is 20.3 Å². The van der Waals surface area contributed by atoms with Crippen molar-refractivity contribution in [3.05, 3.63) is 23.8 Å². The van der Waals surface area contributed by atoms with Gasteiger partial charge >= 0.3 is 0 Å². The van der Waals surface area contributed by atoms with Crippen LogP contribution in [-0.4, -0.2) is 123 Å². The topological polar surface area (TPSA) is 205 Å². The molecule has 34 heavy (non-hydrogen) atoms. The highest BCUT2D eigenvalue weighted by Crippen LogP contribution is 2.32. The molecular weight excluding hydrogens is 460 g/mol. The number of benzene rings is 1. The van der Waals surface area contributed by atoms with E-state index in [1.165, 1.54) is 32.2 Å². The lowest BCUT2D eigenvalue weighted by Crippen LogP contribution is -2.62. The number of carbonyl (C=O) groups excluding carboxylic acids is 1. The van der Waals surface area contributed by atoms with Crippen LogP contribution in [0.3, 0.4) is 0 Å². The molecule has 0 bridgehead atoms. The second-order valence-corrected chi connectivity index (χ2v) is 8.08. The van der Waals surface area contributed by atoms with E-state index >= 15 is 0 Å². The average molecular weight is 490 g/mol. The van der Waals surface area contributed by atoms with Crippen LogP contribution in [0.2, 0.25) is 0 Å². The molecule has 1 aromatic rings. The third kappa shape index (κ3) is 5.49. The Morgan fingerprint density at radius 3 is 2.03 bits per heavy atom. The van der Waals surface area contributed by atoms with Crippen molar-refractivity contribution in [3.63, 3.8) is 0 Å². The van der Waals surface area contributed by atoms with Crippen molar-refractivity contribution in [1.82, 2.24) is 0 Å². The first-order valence-corrected chi connectivity index (χ1v) is 10.6. The van der Waals surface area contributed by atoms with Crippen LogP contribution in [0.4, 0.5) is 0 Å². The van der Waals surface area contributed by atoms with Crippen molar-refractivity contribution in [3.8, 4) is 11.5 Å². The first-order valence-electron chi connectivity index (χ1n) is 10.6. The first kappa shape index (κ1) is 26.7. The van der Waals surface area contributed by atoms with Gasteiger partial charge in [0.05, 0.1) is 20.3 Å². The summed E-state index contributed by atoms with van der Waals surface area (Å²) in [5.74, 6) is 0.0507. The third-order valence-corrected chi connectivity index (χ3v) is 5.75. The Labute approximate surface area is 194 Å². The molecule has 0 radical (unpaired) electrons. The molecule has 2 saturated heterocycles. The van der Waals surface area contributed by atoms with Crippen LogP contribution in [-0.2, 0) is 14.2 Å². The predicted octanol–water partition coefficient (Wildman–Crippen LogP) is -3.10. The SMILES string of the molecule is COc1cc(C(C)=O)ccc1OC1OC(COC2OC(CO)C(O)C(O)C2O)C(O)C(O)C1O. The highest BCUT2D eigenvalue weighted by molar-refractivity contribution is 5.94. The summed E-state index contributed by atoms with van der Waals surface area (Å²) in [7, 11) is 1.35. The number of aliphatic hydroxyl groups is 7. The van der Waals surface area contributed by atoms with Gasteiger partial charge in [-0.2, -0.15) is 0 Å². The Hall–Kier alpha value is -1.91. The molecule has 0 spiro atoms. The number of hydrogen-bond donors (Lipinski definition) is 7. The van der Waals surface area contributed by atoms with E-state index in [1.54, 1.807) is 0 Å². The van der Waals surface area contributed by atoms with Crippen LogP contribution in [0.25, 0.3) is 0 Å². The molecule has 10 unspecified atom stereocenters. The Morgan fingerprint density at radius 1 is 0.853 bits per heavy atom. The summed E-state index contributed by atoms with van der Waals surface area (Å²) in [5.41, 5.74) is 0.357. The van der Waals surface area contributed by atoms with Crippen LogP contribution in [0.5, 0.6) is 11.5 Å². The first-order chi connectivity index (χ1) is 16.1. The van der Waals surface area contributed by atoms with E-state index < -0.39 is 74.6 Å². The van der Waals surface area contributed by atoms with Gasteiger partial charge in [0.15, 0.2) is 23.6 Å². The summed E-state index contributed by atoms with van der Waals surface area (Å²) < 4.78 is 27.0. The van der Waals surface area contributed by atoms with Crippen molar-refractivity contribution in [2.24, 2.45) is 0 Å². The van der Waals surface area contributed by atoms with Gasteiger partial charge in [0.2, 0.25) is 6.29 Å². The molecule has 2 fully saturated rings. The number of ether oxygens (including phenoxy) is 5. The number of methoxy groups -OCH3 is 1. The molecule has 7 N–H and O–H groups in total. The second-order valence-electron chi connectivity index (χ2n) is 8.08. The summed E-state index contributed by atoms with van der Waals surface area (Å²) in [5, 5.41) is 70.0. The molecule has 192 valence electrons. The number of aliphatic hydroxyl groups excluding tert-OH is 7. The zero-order valence-corrected chi connectivity index (χ0v) is 18.5. The lowest BCUT2D eigenvalue weighted by atomic mass is 9.98. The minimum atomic E-state index is -1.70. The summed E-state index contributed by atoms with van der Waals surface area (Å²) in [6, 6.07) is 4.32. The molecule has 2 heterocycles. The van der Waals surface area contributed by atoms with Crippen LogP contribution in [0.15, 0.2) is 18.2 Å². The highest BCUT2D eigenvalue weighted by atomic mass is 16.7. The van der Waals surface area contributed by atoms with Gasteiger partial charge in [0, 0.05) is 5.56 Å². The third-order valence-electron chi connectivity index (χ3n) is 5.75. The zero-order valence-electron chi connectivity index (χ0n) is 18.5. The van der Waals surface area contributed by atoms with Crippen LogP contribution < -0.4 is 9.47 Å². The molecule has 13 nitrogen and oxygen atoms in total. The van der Waals surface area contributed by atoms with Gasteiger partial charge in [-0.3, -0.25) is 4.79 Å². The molecule has 1 aromatic carbocycles. The number of rotatable bonds is 8. The lowest BCUT2D eigenvalue weighted by molar-refractivity contribution is -0.323. The molecule has 10 atom stereocenters. The normalized spacial score (nSPS) is 38.4. The van der Waals surface area contributed by atoms with Crippen molar-refractivity contribution < 1.29 is 64.2 Å². The van der Waals surface area contributed by atoms with Gasteiger partial charge in [0.1, 0.15) is 48.8 Å². The van der Waals surface area contributed by atoms with E-state index in [1.807, 2.05) is 0 Å². The van der Waals surface area contributed by atoms with Gasteiger partial charge in [-0.1, -0.05) is 0 Å². The largest absolute Gasteiger partial charge is 0.493 e. The molecule has 13 heteroatoms. The van der Waals surface area contributed by atoms with E-state index in [2.05, 4.69) is 0 Å². The monoisotopic (exact) mass is 490 g/mol. The van der Waals surface area contributed by atoms with E-state index in [0.717, 1.165) is 0 Å². The average Bonchev–Trinajstić information content (AvgIpc) is 2.83. The fourth-order valence-electron chi connectivity index (χ4n) is 3.66. The van der Waals surface area contributed by atoms with Crippen LogP contribution >= 0.6 is 0 Å². The molecule has 0 aromatic heterocycles. The van der Waals surface area contributed by atoms with Gasteiger partial charge < -0.3 is 59.4 Å². The predicted molar refractivity (Wildman–Crippen MR) is 110 cm³/mol. The maximum absolute atomic E-state index is 11.6. The van der Waals surface area contributed by atoms with Gasteiger partial charge in [-0.05, 0) is 25.1 Å². The van der Waals surface area contributed by atoms with Crippen molar-refractivity contribution >= 4 is 5.78 Å². The fourth-order valence-corrected chi connectivity index (χ4v) is 3.66. The standard InChI is InChI=1S/C21H30O13/c1-8(23)9-3-4-10(11(5-9)30-2)32-21-19(29)17(27)15(25)13(34-21)7-31-20-18(28)16(26)14(24)12(6-22)33-20/h3-5,12-22,24-29H,6-7H2,1-2H3. The molecule has 2 aliphatic rings. The number of carbonyl (C=O) groups is 1. The fraction of sp³-hybridized carbons (Fsp3) is 0.667. The smallest absolute Gasteiger partial charge is 0.229 e. The van der Waals surface area contributed by atoms with E-state index in [0.29, 0.717) is 5.56 Å². The quantitative estimate of drug-likeness (QED) is 0.181. The van der Waals surface area contributed by atoms with Crippen molar-refractivity contribution in [1.29, 1.82) is 0 Å². The maximum atomic E-state index is 11.6. The highest BCUT2D eigenvalue weighted by Gasteiger charge is 2.48. The maximum Gasteiger partial charge on any atom is 0.229 e. The summed E-state index contributed by atoms with van der Waals surface area (Å²) >= 11 is 0. The Morgan fingerprint density at radius 2 is 1.44 bits per heavy atom. The van der Waals surface area contributed by atoms with E-state index in [9.17, 15) is 40.5 Å². The summed E-state index contributed by atoms with van der Waals surface area (Å²) in [4.78, 5) is 11.6. The van der Waals surface area contributed by atoms with Gasteiger partial charge in [0.25, 0.3) is 0 Å². The van der Waals surface area contributed by atoms with Crippen LogP contribution in [0.1, 0.15) is 17.3 Å². The van der Waals surface area contributed by atoms with E-state index in [4.69, 9.17) is 23.7 Å². The number of ketones is 1. The van der Waals surface area contributed by atoms with Crippen molar-refractivity contribution in [2.45, 2.75) is 68.3 Å². The minimum absolute atomic E-state index is 0.0914.